The van der Waals surface area contributed by atoms with Crippen molar-refractivity contribution in [2.45, 2.75) is 5.03 Å². The lowest BCUT2D eigenvalue weighted by molar-refractivity contribution is -0.150. The zero-order chi connectivity index (χ0) is 20.1. The second-order valence-corrected chi connectivity index (χ2v) is 9.17. The summed E-state index contributed by atoms with van der Waals surface area (Å²) in [6, 6.07) is 7.43. The summed E-state index contributed by atoms with van der Waals surface area (Å²) >= 11 is 1.19. The SMILES string of the molecule is CS(=O)(=O)N1CCN(C(=O)COC(=O)CSc2cnc3ccccc3n2)CC1. The van der Waals surface area contributed by atoms with Gasteiger partial charge in [-0.1, -0.05) is 23.9 Å². The summed E-state index contributed by atoms with van der Waals surface area (Å²) in [6.45, 7) is 0.696. The van der Waals surface area contributed by atoms with E-state index in [1.807, 2.05) is 24.3 Å². The lowest BCUT2D eigenvalue weighted by Crippen LogP contribution is -2.51. The third-order valence-electron chi connectivity index (χ3n) is 4.18. The van der Waals surface area contributed by atoms with Crippen LogP contribution in [0.5, 0.6) is 0 Å². The van der Waals surface area contributed by atoms with Gasteiger partial charge < -0.3 is 9.64 Å². The highest BCUT2D eigenvalue weighted by Crippen LogP contribution is 2.18. The Bertz CT molecular complexity index is 974. The molecule has 150 valence electrons. The van der Waals surface area contributed by atoms with Crippen molar-refractivity contribution < 1.29 is 22.7 Å². The first-order valence-corrected chi connectivity index (χ1v) is 11.4. The molecule has 0 aliphatic carbocycles. The fourth-order valence-corrected chi connectivity index (χ4v) is 4.15. The predicted octanol–water partition coefficient (Wildman–Crippen LogP) is 0.369. The number of nitrogens with zero attached hydrogens (tertiary/aromatic N) is 4. The van der Waals surface area contributed by atoms with Crippen LogP contribution in [0.2, 0.25) is 0 Å². The zero-order valence-corrected chi connectivity index (χ0v) is 16.9. The lowest BCUT2D eigenvalue weighted by Gasteiger charge is -2.33. The molecular weight excluding hydrogens is 404 g/mol. The van der Waals surface area contributed by atoms with Crippen molar-refractivity contribution in [2.75, 3.05) is 44.8 Å². The van der Waals surface area contributed by atoms with Crippen LogP contribution in [0.25, 0.3) is 11.0 Å². The normalized spacial score (nSPS) is 15.5. The molecule has 0 radical (unpaired) electrons. The van der Waals surface area contributed by atoms with Crippen LogP contribution >= 0.6 is 11.8 Å². The van der Waals surface area contributed by atoms with Gasteiger partial charge in [0, 0.05) is 26.2 Å². The minimum atomic E-state index is -3.25. The molecule has 0 unspecified atom stereocenters. The van der Waals surface area contributed by atoms with Crippen molar-refractivity contribution >= 4 is 44.7 Å². The van der Waals surface area contributed by atoms with Gasteiger partial charge in [0.1, 0.15) is 5.03 Å². The molecule has 2 aromatic rings. The van der Waals surface area contributed by atoms with Crippen molar-refractivity contribution in [3.63, 3.8) is 0 Å². The van der Waals surface area contributed by atoms with Gasteiger partial charge in [-0.05, 0) is 12.1 Å². The van der Waals surface area contributed by atoms with Crippen LogP contribution in [0.3, 0.4) is 0 Å². The average molecular weight is 425 g/mol. The molecule has 9 nitrogen and oxygen atoms in total. The second-order valence-electron chi connectivity index (χ2n) is 6.19. The molecule has 0 saturated carbocycles. The fraction of sp³-hybridized carbons (Fsp3) is 0.412. The molecule has 28 heavy (non-hydrogen) atoms. The number of amides is 1. The Balaban J connectivity index is 1.42. The van der Waals surface area contributed by atoms with Crippen LogP contribution in [0.4, 0.5) is 0 Å². The number of hydrogen-bond acceptors (Lipinski definition) is 8. The summed E-state index contributed by atoms with van der Waals surface area (Å²) in [6.07, 6.45) is 2.73. The van der Waals surface area contributed by atoms with Crippen LogP contribution in [0, 0.1) is 0 Å². The molecule has 0 spiro atoms. The molecule has 0 N–H and O–H groups in total. The van der Waals surface area contributed by atoms with E-state index in [2.05, 4.69) is 9.97 Å². The number of rotatable bonds is 6. The summed E-state index contributed by atoms with van der Waals surface area (Å²) in [5.41, 5.74) is 1.51. The molecule has 0 bridgehead atoms. The van der Waals surface area contributed by atoms with E-state index in [0.29, 0.717) is 5.03 Å². The first-order chi connectivity index (χ1) is 13.3. The predicted molar refractivity (Wildman–Crippen MR) is 104 cm³/mol. The molecule has 1 aliphatic heterocycles. The third-order valence-corrected chi connectivity index (χ3v) is 6.36. The Morgan fingerprint density at radius 3 is 2.50 bits per heavy atom. The van der Waals surface area contributed by atoms with Crippen molar-refractivity contribution in [1.29, 1.82) is 0 Å². The highest BCUT2D eigenvalue weighted by Gasteiger charge is 2.26. The van der Waals surface area contributed by atoms with E-state index >= 15 is 0 Å². The minimum Gasteiger partial charge on any atom is -0.455 e. The number of thioether (sulfide) groups is 1. The molecule has 2 heterocycles. The Labute approximate surface area is 167 Å². The number of piperazine rings is 1. The second kappa shape index (κ2) is 8.84. The average Bonchev–Trinajstić information content (AvgIpc) is 2.69. The number of ether oxygens (including phenoxy) is 1. The number of aromatic nitrogens is 2. The van der Waals surface area contributed by atoms with Gasteiger partial charge in [0.15, 0.2) is 6.61 Å². The van der Waals surface area contributed by atoms with Gasteiger partial charge in [-0.2, -0.15) is 4.31 Å². The maximum atomic E-state index is 12.1. The number of benzene rings is 1. The summed E-state index contributed by atoms with van der Waals surface area (Å²) in [5.74, 6) is -0.845. The molecule has 0 atom stereocenters. The van der Waals surface area contributed by atoms with E-state index < -0.39 is 16.0 Å². The first-order valence-electron chi connectivity index (χ1n) is 8.56. The van der Waals surface area contributed by atoms with Gasteiger partial charge in [0.05, 0.1) is 29.2 Å². The molecule has 1 aliphatic rings. The largest absolute Gasteiger partial charge is 0.455 e. The fourth-order valence-electron chi connectivity index (χ4n) is 2.69. The number of hydrogen-bond donors (Lipinski definition) is 0. The van der Waals surface area contributed by atoms with E-state index in [0.717, 1.165) is 17.3 Å². The maximum absolute atomic E-state index is 12.1. The Hall–Kier alpha value is -2.24. The molecular formula is C17H20N4O5S2. The van der Waals surface area contributed by atoms with Gasteiger partial charge in [0.25, 0.3) is 5.91 Å². The van der Waals surface area contributed by atoms with E-state index in [4.69, 9.17) is 4.74 Å². The molecule has 1 fully saturated rings. The van der Waals surface area contributed by atoms with Crippen LogP contribution in [-0.4, -0.2) is 84.3 Å². The molecule has 1 aromatic carbocycles. The summed E-state index contributed by atoms with van der Waals surface area (Å²) in [7, 11) is -3.25. The maximum Gasteiger partial charge on any atom is 0.316 e. The molecule has 1 saturated heterocycles. The highest BCUT2D eigenvalue weighted by atomic mass is 32.2. The van der Waals surface area contributed by atoms with Gasteiger partial charge in [-0.25, -0.2) is 13.4 Å². The van der Waals surface area contributed by atoms with Crippen LogP contribution in [0.1, 0.15) is 0 Å². The summed E-state index contributed by atoms with van der Waals surface area (Å²) in [5, 5.41) is 0.596. The van der Waals surface area contributed by atoms with Crippen molar-refractivity contribution in [1.82, 2.24) is 19.2 Å². The van der Waals surface area contributed by atoms with Crippen LogP contribution in [-0.2, 0) is 24.3 Å². The molecule has 1 aromatic heterocycles. The highest BCUT2D eigenvalue weighted by molar-refractivity contribution is 7.99. The Morgan fingerprint density at radius 1 is 1.14 bits per heavy atom. The molecule has 11 heteroatoms. The number of sulfonamides is 1. The Kier molecular flexibility index (Phi) is 6.47. The third kappa shape index (κ3) is 5.40. The first kappa shape index (κ1) is 20.5. The quantitative estimate of drug-likeness (QED) is 0.483. The zero-order valence-electron chi connectivity index (χ0n) is 15.3. The van der Waals surface area contributed by atoms with Crippen molar-refractivity contribution in [2.24, 2.45) is 0 Å². The van der Waals surface area contributed by atoms with E-state index in [9.17, 15) is 18.0 Å². The minimum absolute atomic E-state index is 0.0160. The van der Waals surface area contributed by atoms with Gasteiger partial charge in [-0.15, -0.1) is 0 Å². The number of carbonyl (C=O) groups excluding carboxylic acids is 2. The summed E-state index contributed by atoms with van der Waals surface area (Å²) < 4.78 is 29.3. The topological polar surface area (TPSA) is 110 Å². The van der Waals surface area contributed by atoms with Crippen molar-refractivity contribution in [3.8, 4) is 0 Å². The monoisotopic (exact) mass is 424 g/mol. The van der Waals surface area contributed by atoms with E-state index in [1.54, 1.807) is 6.20 Å². The van der Waals surface area contributed by atoms with Crippen LogP contribution < -0.4 is 0 Å². The molecule has 1 amide bonds. The van der Waals surface area contributed by atoms with Gasteiger partial charge in [0.2, 0.25) is 10.0 Å². The standard InChI is InChI=1S/C17H20N4O5S2/c1-28(24,25)21-8-6-20(7-9-21)16(22)11-26-17(23)12-27-15-10-18-13-4-2-3-5-14(13)19-15/h2-5,10H,6-9,11-12H2,1H3. The number of carbonyl (C=O) groups is 2. The number of fused-ring (bicyclic) bond motifs is 1. The van der Waals surface area contributed by atoms with Gasteiger partial charge >= 0.3 is 5.97 Å². The van der Waals surface area contributed by atoms with E-state index in [1.165, 1.54) is 21.0 Å². The van der Waals surface area contributed by atoms with Crippen LogP contribution in [0.15, 0.2) is 35.5 Å². The van der Waals surface area contributed by atoms with Crippen molar-refractivity contribution in [3.05, 3.63) is 30.5 Å². The Morgan fingerprint density at radius 2 is 1.82 bits per heavy atom. The smallest absolute Gasteiger partial charge is 0.316 e. The number of esters is 1. The number of para-hydroxylation sites is 2. The molecule has 3 rings (SSSR count). The van der Waals surface area contributed by atoms with E-state index in [-0.39, 0.29) is 44.4 Å². The lowest BCUT2D eigenvalue weighted by atomic mass is 10.3. The van der Waals surface area contributed by atoms with Gasteiger partial charge in [-0.3, -0.25) is 14.6 Å². The summed E-state index contributed by atoms with van der Waals surface area (Å²) in [4.78, 5) is 34.2.